The fourth-order valence-corrected chi connectivity index (χ4v) is 1.54. The Morgan fingerprint density at radius 1 is 1.00 bits per heavy atom. The summed E-state index contributed by atoms with van der Waals surface area (Å²) in [5.41, 5.74) is 0. The third-order valence-electron chi connectivity index (χ3n) is 1.66. The number of hydrogen-bond acceptors (Lipinski definition) is 2. The zero-order chi connectivity index (χ0) is 9.80. The van der Waals surface area contributed by atoms with Crippen molar-refractivity contribution in [2.45, 2.75) is 0 Å². The van der Waals surface area contributed by atoms with E-state index in [9.17, 15) is 0 Å². The number of aromatic nitrogens is 1. The summed E-state index contributed by atoms with van der Waals surface area (Å²) in [7, 11) is 0. The molecule has 0 amide bonds. The van der Waals surface area contributed by atoms with Gasteiger partial charge < -0.3 is 4.74 Å². The van der Waals surface area contributed by atoms with Gasteiger partial charge in [0.1, 0.15) is 11.5 Å². The monoisotopic (exact) mass is 297 g/mol. The molecule has 0 atom stereocenters. The average Bonchev–Trinajstić information content (AvgIpc) is 2.19. The molecule has 0 unspecified atom stereocenters. The van der Waals surface area contributed by atoms with Crippen LogP contribution in [0.1, 0.15) is 0 Å². The first kappa shape index (κ1) is 9.45. The van der Waals surface area contributed by atoms with Crippen molar-refractivity contribution in [2.75, 3.05) is 0 Å². The third-order valence-corrected chi connectivity index (χ3v) is 2.25. The topological polar surface area (TPSA) is 22.1 Å². The molecule has 2 nitrogen and oxygen atoms in total. The van der Waals surface area contributed by atoms with Gasteiger partial charge in [0.2, 0.25) is 0 Å². The molecule has 1 aromatic carbocycles. The Morgan fingerprint density at radius 3 is 2.50 bits per heavy atom. The maximum absolute atomic E-state index is 5.59. The molecule has 2 aromatic rings. The van der Waals surface area contributed by atoms with E-state index in [2.05, 4.69) is 27.6 Å². The summed E-state index contributed by atoms with van der Waals surface area (Å²) in [5, 5.41) is 0. The second-order valence-corrected chi connectivity index (χ2v) is 4.00. The molecule has 3 heteroatoms. The van der Waals surface area contributed by atoms with Crippen LogP contribution in [0.2, 0.25) is 0 Å². The van der Waals surface area contributed by atoms with Crippen LogP contribution in [0.3, 0.4) is 0 Å². The third kappa shape index (κ3) is 2.45. The van der Waals surface area contributed by atoms with Gasteiger partial charge >= 0.3 is 0 Å². The second-order valence-electron chi connectivity index (χ2n) is 2.75. The van der Waals surface area contributed by atoms with E-state index in [0.29, 0.717) is 0 Å². The molecule has 1 aromatic heterocycles. The lowest BCUT2D eigenvalue weighted by molar-refractivity contribution is 0.480. The van der Waals surface area contributed by atoms with Crippen molar-refractivity contribution in [3.05, 3.63) is 52.4 Å². The molecule has 0 bridgehead atoms. The SMILES string of the molecule is Ic1cncc(Oc2ccccc2)c1. The minimum absolute atomic E-state index is 0.767. The van der Waals surface area contributed by atoms with Crippen LogP contribution in [0.25, 0.3) is 0 Å². The van der Waals surface area contributed by atoms with E-state index in [1.165, 1.54) is 0 Å². The van der Waals surface area contributed by atoms with Gasteiger partial charge in [-0.2, -0.15) is 0 Å². The quantitative estimate of drug-likeness (QED) is 0.792. The van der Waals surface area contributed by atoms with E-state index in [4.69, 9.17) is 4.74 Å². The van der Waals surface area contributed by atoms with Crippen molar-refractivity contribution >= 4 is 22.6 Å². The first-order valence-corrected chi connectivity index (χ1v) is 5.26. The molecule has 0 saturated carbocycles. The number of pyridine rings is 1. The fourth-order valence-electron chi connectivity index (χ4n) is 1.07. The fraction of sp³-hybridized carbons (Fsp3) is 0. The molecule has 0 saturated heterocycles. The zero-order valence-corrected chi connectivity index (χ0v) is 9.51. The average molecular weight is 297 g/mol. The highest BCUT2D eigenvalue weighted by molar-refractivity contribution is 14.1. The number of hydrogen-bond donors (Lipinski definition) is 0. The molecule has 0 fully saturated rings. The lowest BCUT2D eigenvalue weighted by atomic mass is 10.3. The van der Waals surface area contributed by atoms with E-state index in [-0.39, 0.29) is 0 Å². The molecule has 0 aliphatic rings. The smallest absolute Gasteiger partial charge is 0.146 e. The van der Waals surface area contributed by atoms with E-state index in [1.807, 2.05) is 36.4 Å². The van der Waals surface area contributed by atoms with Crippen LogP contribution in [0.5, 0.6) is 11.5 Å². The Bertz CT molecular complexity index is 417. The van der Waals surface area contributed by atoms with Crippen molar-refractivity contribution in [3.63, 3.8) is 0 Å². The maximum atomic E-state index is 5.59. The van der Waals surface area contributed by atoms with E-state index < -0.39 is 0 Å². The lowest BCUT2D eigenvalue weighted by Crippen LogP contribution is -1.85. The molecule has 0 aliphatic carbocycles. The van der Waals surface area contributed by atoms with Gasteiger partial charge in [-0.1, -0.05) is 18.2 Å². The zero-order valence-electron chi connectivity index (χ0n) is 7.35. The Morgan fingerprint density at radius 2 is 1.79 bits per heavy atom. The maximum Gasteiger partial charge on any atom is 0.146 e. The van der Waals surface area contributed by atoms with Gasteiger partial charge in [0.05, 0.1) is 6.20 Å². The van der Waals surface area contributed by atoms with Crippen LogP contribution in [0.15, 0.2) is 48.8 Å². The van der Waals surface area contributed by atoms with Crippen molar-refractivity contribution in [1.82, 2.24) is 4.98 Å². The minimum atomic E-state index is 0.767. The van der Waals surface area contributed by atoms with Gasteiger partial charge in [-0.05, 0) is 40.8 Å². The number of rotatable bonds is 2. The highest BCUT2D eigenvalue weighted by Crippen LogP contribution is 2.20. The number of ether oxygens (including phenoxy) is 1. The van der Waals surface area contributed by atoms with E-state index in [0.717, 1.165) is 15.1 Å². The van der Waals surface area contributed by atoms with Crippen LogP contribution in [0, 0.1) is 3.57 Å². The first-order chi connectivity index (χ1) is 6.84. The summed E-state index contributed by atoms with van der Waals surface area (Å²) < 4.78 is 6.66. The molecule has 14 heavy (non-hydrogen) atoms. The molecule has 0 N–H and O–H groups in total. The van der Waals surface area contributed by atoms with Gasteiger partial charge in [-0.15, -0.1) is 0 Å². The van der Waals surface area contributed by atoms with Crippen LogP contribution in [-0.4, -0.2) is 4.98 Å². The normalized spacial score (nSPS) is 9.79. The highest BCUT2D eigenvalue weighted by atomic mass is 127. The molecule has 1 heterocycles. The summed E-state index contributed by atoms with van der Waals surface area (Å²) in [6.45, 7) is 0. The molecular formula is C11H8INO. The van der Waals surface area contributed by atoms with E-state index >= 15 is 0 Å². The number of benzene rings is 1. The summed E-state index contributed by atoms with van der Waals surface area (Å²) in [6.07, 6.45) is 3.49. The summed E-state index contributed by atoms with van der Waals surface area (Å²) in [6, 6.07) is 11.6. The van der Waals surface area contributed by atoms with Crippen LogP contribution >= 0.6 is 22.6 Å². The number of para-hydroxylation sites is 1. The molecule has 0 radical (unpaired) electrons. The summed E-state index contributed by atoms with van der Waals surface area (Å²) in [4.78, 5) is 4.05. The number of halogens is 1. The minimum Gasteiger partial charge on any atom is -0.456 e. The molecule has 0 spiro atoms. The molecule has 70 valence electrons. The molecule has 2 rings (SSSR count). The van der Waals surface area contributed by atoms with Gasteiger partial charge in [-0.3, -0.25) is 4.98 Å². The largest absolute Gasteiger partial charge is 0.456 e. The van der Waals surface area contributed by atoms with Crippen molar-refractivity contribution in [1.29, 1.82) is 0 Å². The molecule has 0 aliphatic heterocycles. The Balaban J connectivity index is 2.19. The molecular weight excluding hydrogens is 289 g/mol. The Hall–Kier alpha value is -1.10. The van der Waals surface area contributed by atoms with Gasteiger partial charge in [0.25, 0.3) is 0 Å². The van der Waals surface area contributed by atoms with Gasteiger partial charge in [0, 0.05) is 9.77 Å². The first-order valence-electron chi connectivity index (χ1n) is 4.18. The van der Waals surface area contributed by atoms with Crippen molar-refractivity contribution < 1.29 is 4.74 Å². The van der Waals surface area contributed by atoms with E-state index in [1.54, 1.807) is 12.4 Å². The van der Waals surface area contributed by atoms with Crippen molar-refractivity contribution in [3.8, 4) is 11.5 Å². The Kier molecular flexibility index (Phi) is 2.98. The standard InChI is InChI=1S/C11H8INO/c12-9-6-11(8-13-7-9)14-10-4-2-1-3-5-10/h1-8H. The highest BCUT2D eigenvalue weighted by Gasteiger charge is 1.96. The summed E-state index contributed by atoms with van der Waals surface area (Å²) in [5.74, 6) is 1.60. The second kappa shape index (κ2) is 4.41. The Labute approximate surface area is 96.1 Å². The predicted octanol–water partition coefficient (Wildman–Crippen LogP) is 3.48. The van der Waals surface area contributed by atoms with Crippen LogP contribution in [0.4, 0.5) is 0 Å². The van der Waals surface area contributed by atoms with Crippen LogP contribution < -0.4 is 4.74 Å². The number of nitrogens with zero attached hydrogens (tertiary/aromatic N) is 1. The van der Waals surface area contributed by atoms with Crippen LogP contribution in [-0.2, 0) is 0 Å². The van der Waals surface area contributed by atoms with Gasteiger partial charge in [0.15, 0.2) is 0 Å². The summed E-state index contributed by atoms with van der Waals surface area (Å²) >= 11 is 2.21. The lowest BCUT2D eigenvalue weighted by Gasteiger charge is -2.04. The van der Waals surface area contributed by atoms with Gasteiger partial charge in [-0.25, -0.2) is 0 Å². The predicted molar refractivity (Wildman–Crippen MR) is 63.5 cm³/mol. The van der Waals surface area contributed by atoms with Crippen molar-refractivity contribution in [2.24, 2.45) is 0 Å².